The Morgan fingerprint density at radius 2 is 1.94 bits per heavy atom. The fourth-order valence-corrected chi connectivity index (χ4v) is 2.62. The van der Waals surface area contributed by atoms with Crippen LogP contribution in [0.25, 0.3) is 0 Å². The molecule has 0 aliphatic carbocycles. The van der Waals surface area contributed by atoms with E-state index in [-0.39, 0.29) is 12.0 Å². The second-order valence-electron chi connectivity index (χ2n) is 3.66. The SMILES string of the molecule is CCC(Br)(C(=O)c1ccccc1F)S(C)(=O)=O. The molecule has 6 heteroatoms. The molecule has 1 rings (SSSR count). The number of alkyl halides is 1. The molecule has 0 spiro atoms. The zero-order chi connectivity index (χ0) is 13.3. The van der Waals surface area contributed by atoms with Crippen LogP contribution in [0.5, 0.6) is 0 Å². The monoisotopic (exact) mass is 322 g/mol. The summed E-state index contributed by atoms with van der Waals surface area (Å²) in [6.45, 7) is 1.55. The second-order valence-corrected chi connectivity index (χ2v) is 7.78. The molecule has 17 heavy (non-hydrogen) atoms. The van der Waals surface area contributed by atoms with Crippen LogP contribution in [0, 0.1) is 5.82 Å². The lowest BCUT2D eigenvalue weighted by atomic mass is 10.1. The molecule has 1 aromatic rings. The summed E-state index contributed by atoms with van der Waals surface area (Å²) in [5.41, 5.74) is -0.225. The minimum absolute atomic E-state index is 0.0268. The van der Waals surface area contributed by atoms with E-state index in [0.717, 1.165) is 12.3 Å². The van der Waals surface area contributed by atoms with Gasteiger partial charge in [-0.1, -0.05) is 35.0 Å². The number of benzene rings is 1. The number of hydrogen-bond donors (Lipinski definition) is 0. The van der Waals surface area contributed by atoms with Crippen molar-refractivity contribution in [2.75, 3.05) is 6.26 Å². The van der Waals surface area contributed by atoms with Gasteiger partial charge in [0.05, 0.1) is 5.56 Å². The second kappa shape index (κ2) is 4.86. The predicted octanol–water partition coefficient (Wildman–Crippen LogP) is 2.55. The molecule has 0 N–H and O–H groups in total. The molecule has 0 amide bonds. The third-order valence-corrected chi connectivity index (χ3v) is 6.83. The summed E-state index contributed by atoms with van der Waals surface area (Å²) in [7, 11) is -3.68. The lowest BCUT2D eigenvalue weighted by Crippen LogP contribution is -2.39. The van der Waals surface area contributed by atoms with Crippen molar-refractivity contribution in [2.45, 2.75) is 17.0 Å². The fraction of sp³-hybridized carbons (Fsp3) is 0.364. The van der Waals surface area contributed by atoms with Crippen LogP contribution in [-0.4, -0.2) is 24.1 Å². The van der Waals surface area contributed by atoms with Crippen molar-refractivity contribution in [1.82, 2.24) is 0 Å². The van der Waals surface area contributed by atoms with Gasteiger partial charge in [0.2, 0.25) is 0 Å². The number of carbonyl (C=O) groups excluding carboxylic acids is 1. The highest BCUT2D eigenvalue weighted by atomic mass is 79.9. The lowest BCUT2D eigenvalue weighted by molar-refractivity contribution is 0.0972. The van der Waals surface area contributed by atoms with Crippen molar-refractivity contribution < 1.29 is 17.6 Å². The molecule has 0 aliphatic rings. The molecule has 0 radical (unpaired) electrons. The Morgan fingerprint density at radius 3 is 2.35 bits per heavy atom. The first kappa shape index (κ1) is 14.3. The topological polar surface area (TPSA) is 51.2 Å². The highest BCUT2D eigenvalue weighted by Gasteiger charge is 2.45. The van der Waals surface area contributed by atoms with Gasteiger partial charge in [-0.05, 0) is 18.6 Å². The van der Waals surface area contributed by atoms with Gasteiger partial charge in [-0.25, -0.2) is 12.8 Å². The molecule has 0 heterocycles. The van der Waals surface area contributed by atoms with Gasteiger partial charge in [-0.2, -0.15) is 0 Å². The Morgan fingerprint density at radius 1 is 1.41 bits per heavy atom. The van der Waals surface area contributed by atoms with Gasteiger partial charge in [-0.3, -0.25) is 4.79 Å². The Balaban J connectivity index is 3.35. The minimum Gasteiger partial charge on any atom is -0.291 e. The Labute approximate surface area is 108 Å². The van der Waals surface area contributed by atoms with Crippen LogP contribution in [0.4, 0.5) is 4.39 Å². The maximum atomic E-state index is 13.5. The van der Waals surface area contributed by atoms with Gasteiger partial charge in [0.25, 0.3) is 0 Å². The number of ketones is 1. The van der Waals surface area contributed by atoms with Crippen LogP contribution < -0.4 is 0 Å². The molecule has 1 atom stereocenters. The van der Waals surface area contributed by atoms with Gasteiger partial charge in [-0.15, -0.1) is 0 Å². The number of carbonyl (C=O) groups is 1. The standard InChI is InChI=1S/C11H12BrFO3S/c1-3-11(12,17(2,15)16)10(14)8-6-4-5-7-9(8)13/h4-7H,3H2,1-2H3. The quantitative estimate of drug-likeness (QED) is 0.632. The number of rotatable bonds is 4. The first-order valence-electron chi connectivity index (χ1n) is 4.92. The number of Topliss-reactive ketones (excluding diaryl/α,β-unsaturated/α-hetero) is 1. The molecule has 0 bridgehead atoms. The predicted molar refractivity (Wildman–Crippen MR) is 67.5 cm³/mol. The number of sulfone groups is 1. The molecule has 94 valence electrons. The molecule has 0 fully saturated rings. The van der Waals surface area contributed by atoms with E-state index >= 15 is 0 Å². The zero-order valence-electron chi connectivity index (χ0n) is 9.41. The molecule has 0 saturated heterocycles. The highest BCUT2D eigenvalue weighted by Crippen LogP contribution is 2.33. The van der Waals surface area contributed by atoms with Gasteiger partial charge >= 0.3 is 0 Å². The van der Waals surface area contributed by atoms with Crippen molar-refractivity contribution in [3.8, 4) is 0 Å². The summed E-state index contributed by atoms with van der Waals surface area (Å²) in [6.07, 6.45) is 0.975. The summed E-state index contributed by atoms with van der Waals surface area (Å²) in [5.74, 6) is -1.50. The van der Waals surface area contributed by atoms with Crippen molar-refractivity contribution in [3.63, 3.8) is 0 Å². The molecule has 3 nitrogen and oxygen atoms in total. The van der Waals surface area contributed by atoms with Crippen LogP contribution in [0.1, 0.15) is 23.7 Å². The Hall–Kier alpha value is -0.750. The van der Waals surface area contributed by atoms with E-state index in [9.17, 15) is 17.6 Å². The van der Waals surface area contributed by atoms with E-state index in [2.05, 4.69) is 15.9 Å². The minimum atomic E-state index is -3.68. The van der Waals surface area contributed by atoms with Crippen LogP contribution in [0.2, 0.25) is 0 Å². The van der Waals surface area contributed by atoms with E-state index in [0.29, 0.717) is 0 Å². The maximum Gasteiger partial charge on any atom is 0.197 e. The first-order valence-corrected chi connectivity index (χ1v) is 7.60. The van der Waals surface area contributed by atoms with E-state index in [1.165, 1.54) is 18.2 Å². The van der Waals surface area contributed by atoms with Gasteiger partial charge in [0.1, 0.15) is 5.82 Å². The fourth-order valence-electron chi connectivity index (χ4n) is 1.44. The van der Waals surface area contributed by atoms with E-state index < -0.39 is 25.1 Å². The van der Waals surface area contributed by atoms with Crippen molar-refractivity contribution in [2.24, 2.45) is 0 Å². The van der Waals surface area contributed by atoms with Crippen molar-refractivity contribution in [1.29, 1.82) is 0 Å². The summed E-state index contributed by atoms with van der Waals surface area (Å²) < 4.78 is 34.9. The summed E-state index contributed by atoms with van der Waals surface area (Å²) in [6, 6.07) is 5.32. The molecule has 1 aromatic carbocycles. The van der Waals surface area contributed by atoms with Crippen molar-refractivity contribution >= 4 is 31.6 Å². The van der Waals surface area contributed by atoms with E-state index in [1.54, 1.807) is 6.92 Å². The van der Waals surface area contributed by atoms with E-state index in [4.69, 9.17) is 0 Å². The largest absolute Gasteiger partial charge is 0.291 e. The molecular formula is C11H12BrFO3S. The van der Waals surface area contributed by atoms with Gasteiger partial charge in [0.15, 0.2) is 19.3 Å². The average Bonchev–Trinajstić information content (AvgIpc) is 2.26. The molecular weight excluding hydrogens is 311 g/mol. The van der Waals surface area contributed by atoms with E-state index in [1.807, 2.05) is 0 Å². The zero-order valence-corrected chi connectivity index (χ0v) is 11.8. The lowest BCUT2D eigenvalue weighted by Gasteiger charge is -2.22. The first-order chi connectivity index (χ1) is 7.74. The van der Waals surface area contributed by atoms with Crippen LogP contribution in [0.15, 0.2) is 24.3 Å². The number of hydrogen-bond acceptors (Lipinski definition) is 3. The summed E-state index contributed by atoms with van der Waals surface area (Å²) in [5, 5.41) is 0. The van der Waals surface area contributed by atoms with Crippen molar-refractivity contribution in [3.05, 3.63) is 35.6 Å². The number of halogens is 2. The summed E-state index contributed by atoms with van der Waals surface area (Å²) >= 11 is 2.94. The van der Waals surface area contributed by atoms with Gasteiger partial charge in [0, 0.05) is 6.26 Å². The normalized spacial score (nSPS) is 15.3. The molecule has 0 saturated carbocycles. The van der Waals surface area contributed by atoms with Gasteiger partial charge < -0.3 is 0 Å². The Bertz CT molecular complexity index is 541. The molecule has 0 aromatic heterocycles. The summed E-state index contributed by atoms with van der Waals surface area (Å²) in [4.78, 5) is 12.1. The Kier molecular flexibility index (Phi) is 4.09. The van der Waals surface area contributed by atoms with Crippen LogP contribution in [0.3, 0.4) is 0 Å². The third-order valence-electron chi connectivity index (χ3n) is 2.50. The molecule has 0 aliphatic heterocycles. The maximum absolute atomic E-state index is 13.5. The molecule has 1 unspecified atom stereocenters. The van der Waals surface area contributed by atoms with Crippen LogP contribution in [-0.2, 0) is 9.84 Å². The highest BCUT2D eigenvalue weighted by molar-refractivity contribution is 9.12. The average molecular weight is 323 g/mol. The smallest absolute Gasteiger partial charge is 0.197 e. The third kappa shape index (κ3) is 2.57. The van der Waals surface area contributed by atoms with Crippen LogP contribution >= 0.6 is 15.9 Å².